The molecule has 2 aliphatic carbocycles. The van der Waals surface area contributed by atoms with Crippen molar-refractivity contribution in [3.8, 4) is 0 Å². The van der Waals surface area contributed by atoms with Crippen LogP contribution in [-0.2, 0) is 11.2 Å². The Hall–Kier alpha value is -1.47. The van der Waals surface area contributed by atoms with E-state index in [2.05, 4.69) is 15.2 Å². The van der Waals surface area contributed by atoms with E-state index in [0.29, 0.717) is 23.6 Å². The van der Waals surface area contributed by atoms with Crippen LogP contribution in [0, 0.1) is 6.92 Å². The van der Waals surface area contributed by atoms with Gasteiger partial charge in [-0.2, -0.15) is 0 Å². The summed E-state index contributed by atoms with van der Waals surface area (Å²) in [6.45, 7) is 1.95. The first-order chi connectivity index (χ1) is 13.2. The first-order valence-electron chi connectivity index (χ1n) is 10.1. The van der Waals surface area contributed by atoms with Gasteiger partial charge in [0.15, 0.2) is 5.13 Å². The highest BCUT2D eigenvalue weighted by molar-refractivity contribution is 7.15. The van der Waals surface area contributed by atoms with Crippen molar-refractivity contribution in [3.05, 3.63) is 10.6 Å². The highest BCUT2D eigenvalue weighted by atomic mass is 32.1. The van der Waals surface area contributed by atoms with Crippen LogP contribution < -0.4 is 5.32 Å². The summed E-state index contributed by atoms with van der Waals surface area (Å²) in [6, 6.07) is 0.741. The van der Waals surface area contributed by atoms with Crippen molar-refractivity contribution in [1.82, 2.24) is 9.88 Å². The Kier molecular flexibility index (Phi) is 9.21. The molecule has 2 amide bonds. The number of urea groups is 1. The summed E-state index contributed by atoms with van der Waals surface area (Å²) >= 11 is 1.46. The third-order valence-electron chi connectivity index (χ3n) is 5.55. The van der Waals surface area contributed by atoms with Gasteiger partial charge in [0.25, 0.3) is 0 Å². The van der Waals surface area contributed by atoms with E-state index in [1.807, 2.05) is 6.92 Å². The molecule has 2 fully saturated rings. The number of anilines is 1. The minimum absolute atomic E-state index is 0.00482. The fourth-order valence-electron chi connectivity index (χ4n) is 4.25. The number of carbonyl (C=O) groups excluding carboxylic acids is 2. The summed E-state index contributed by atoms with van der Waals surface area (Å²) < 4.78 is 0. The van der Waals surface area contributed by atoms with Gasteiger partial charge in [0, 0.05) is 30.5 Å². The summed E-state index contributed by atoms with van der Waals surface area (Å²) in [5.74, 6) is 0. The SMILES string of the molecule is CO.Cc1sc(NC(=O)N(C2CCCCC2)C2CCCCC2)nc1CC=O. The Balaban J connectivity index is 0.00000126. The molecule has 0 aromatic carbocycles. The van der Waals surface area contributed by atoms with E-state index < -0.39 is 0 Å². The Labute approximate surface area is 166 Å². The standard InChI is InChI=1S/C19H29N3O2S.CH4O/c1-14-17(12-13-23)20-18(25-14)21-19(24)22(15-8-4-2-5-9-15)16-10-6-3-7-11-16;1-2/h13,15-16H,2-12H2,1H3,(H,20,21,24);2H,1H3. The summed E-state index contributed by atoms with van der Waals surface area (Å²) in [5.41, 5.74) is 0.775. The highest BCUT2D eigenvalue weighted by Gasteiger charge is 2.32. The summed E-state index contributed by atoms with van der Waals surface area (Å²) in [5, 5.41) is 10.7. The third-order valence-corrected chi connectivity index (χ3v) is 6.48. The molecule has 6 nitrogen and oxygen atoms in total. The van der Waals surface area contributed by atoms with Crippen molar-refractivity contribution >= 4 is 28.8 Å². The average molecular weight is 396 g/mol. The topological polar surface area (TPSA) is 82.5 Å². The van der Waals surface area contributed by atoms with Gasteiger partial charge in [-0.15, -0.1) is 11.3 Å². The Bertz CT molecular complexity index is 575. The molecule has 152 valence electrons. The average Bonchev–Trinajstić information content (AvgIpc) is 3.04. The van der Waals surface area contributed by atoms with Crippen LogP contribution in [0.4, 0.5) is 9.93 Å². The maximum atomic E-state index is 13.1. The van der Waals surface area contributed by atoms with Crippen LogP contribution in [0.2, 0.25) is 0 Å². The number of aryl methyl sites for hydroxylation is 1. The van der Waals surface area contributed by atoms with E-state index in [4.69, 9.17) is 5.11 Å². The molecule has 1 aromatic rings. The highest BCUT2D eigenvalue weighted by Crippen LogP contribution is 2.31. The van der Waals surface area contributed by atoms with Crippen molar-refractivity contribution < 1.29 is 14.7 Å². The number of amides is 2. The molecule has 0 unspecified atom stereocenters. The molecule has 1 aromatic heterocycles. The summed E-state index contributed by atoms with van der Waals surface area (Å²) in [7, 11) is 1.00. The molecule has 27 heavy (non-hydrogen) atoms. The number of hydrogen-bond acceptors (Lipinski definition) is 5. The lowest BCUT2D eigenvalue weighted by Crippen LogP contribution is -2.50. The molecule has 2 aliphatic rings. The van der Waals surface area contributed by atoms with Crippen LogP contribution in [0.3, 0.4) is 0 Å². The van der Waals surface area contributed by atoms with Crippen LogP contribution in [0.15, 0.2) is 0 Å². The van der Waals surface area contributed by atoms with Gasteiger partial charge in [-0.05, 0) is 32.6 Å². The lowest BCUT2D eigenvalue weighted by atomic mass is 9.89. The molecule has 2 N–H and O–H groups in total. The zero-order valence-electron chi connectivity index (χ0n) is 16.6. The van der Waals surface area contributed by atoms with E-state index in [1.54, 1.807) is 0 Å². The lowest BCUT2D eigenvalue weighted by molar-refractivity contribution is -0.107. The Morgan fingerprint density at radius 2 is 1.63 bits per heavy atom. The maximum absolute atomic E-state index is 13.1. The number of rotatable bonds is 5. The molecule has 0 radical (unpaired) electrons. The van der Waals surface area contributed by atoms with Crippen molar-refractivity contribution in [2.45, 2.75) is 89.6 Å². The van der Waals surface area contributed by atoms with Crippen molar-refractivity contribution in [2.75, 3.05) is 12.4 Å². The molecule has 0 spiro atoms. The fourth-order valence-corrected chi connectivity index (χ4v) is 5.09. The van der Waals surface area contributed by atoms with Gasteiger partial charge >= 0.3 is 6.03 Å². The van der Waals surface area contributed by atoms with Gasteiger partial charge in [-0.25, -0.2) is 9.78 Å². The van der Waals surface area contributed by atoms with Gasteiger partial charge in [0.05, 0.1) is 5.69 Å². The lowest BCUT2D eigenvalue weighted by Gasteiger charge is -2.41. The van der Waals surface area contributed by atoms with Crippen LogP contribution in [0.5, 0.6) is 0 Å². The first-order valence-corrected chi connectivity index (χ1v) is 10.9. The van der Waals surface area contributed by atoms with Gasteiger partial charge in [-0.3, -0.25) is 5.32 Å². The molecule has 0 aliphatic heterocycles. The van der Waals surface area contributed by atoms with E-state index in [-0.39, 0.29) is 6.03 Å². The number of thiazole rings is 1. The predicted octanol–water partition coefficient (Wildman–Crippen LogP) is 4.30. The number of hydrogen-bond donors (Lipinski definition) is 2. The number of nitrogens with one attached hydrogen (secondary N) is 1. The Morgan fingerprint density at radius 3 is 2.11 bits per heavy atom. The number of aliphatic hydroxyl groups is 1. The van der Waals surface area contributed by atoms with Crippen LogP contribution in [-0.4, -0.2) is 46.5 Å². The number of aldehydes is 1. The molecule has 2 saturated carbocycles. The van der Waals surface area contributed by atoms with Crippen LogP contribution in [0.25, 0.3) is 0 Å². The zero-order chi connectivity index (χ0) is 19.6. The van der Waals surface area contributed by atoms with E-state index in [0.717, 1.165) is 49.7 Å². The van der Waals surface area contributed by atoms with E-state index in [1.165, 1.54) is 49.9 Å². The smallest absolute Gasteiger partial charge is 0.324 e. The molecule has 0 atom stereocenters. The second kappa shape index (κ2) is 11.4. The minimum atomic E-state index is 0.00482. The normalized spacial score (nSPS) is 18.3. The van der Waals surface area contributed by atoms with Crippen LogP contribution in [0.1, 0.15) is 74.8 Å². The number of aromatic nitrogens is 1. The second-order valence-electron chi connectivity index (χ2n) is 7.31. The van der Waals surface area contributed by atoms with Crippen molar-refractivity contribution in [3.63, 3.8) is 0 Å². The molecular formula is C20H33N3O3S. The van der Waals surface area contributed by atoms with Crippen LogP contribution >= 0.6 is 11.3 Å². The third kappa shape index (κ3) is 6.01. The fraction of sp³-hybridized carbons (Fsp3) is 0.750. The number of aliphatic hydroxyl groups excluding tert-OH is 1. The monoisotopic (exact) mass is 395 g/mol. The summed E-state index contributed by atoms with van der Waals surface area (Å²) in [6.07, 6.45) is 13.1. The van der Waals surface area contributed by atoms with Gasteiger partial charge in [0.2, 0.25) is 0 Å². The largest absolute Gasteiger partial charge is 0.400 e. The summed E-state index contributed by atoms with van der Waals surface area (Å²) in [4.78, 5) is 31.4. The first kappa shape index (κ1) is 21.8. The Morgan fingerprint density at radius 1 is 1.11 bits per heavy atom. The molecule has 1 heterocycles. The molecular weight excluding hydrogens is 362 g/mol. The van der Waals surface area contributed by atoms with Gasteiger partial charge in [-0.1, -0.05) is 38.5 Å². The molecule has 0 bridgehead atoms. The van der Waals surface area contributed by atoms with Crippen molar-refractivity contribution in [2.24, 2.45) is 0 Å². The quantitative estimate of drug-likeness (QED) is 0.728. The van der Waals surface area contributed by atoms with Crippen molar-refractivity contribution in [1.29, 1.82) is 0 Å². The number of nitrogens with zero attached hydrogens (tertiary/aromatic N) is 2. The zero-order valence-corrected chi connectivity index (χ0v) is 17.4. The molecule has 7 heteroatoms. The van der Waals surface area contributed by atoms with E-state index >= 15 is 0 Å². The second-order valence-corrected chi connectivity index (χ2v) is 8.52. The predicted molar refractivity (Wildman–Crippen MR) is 109 cm³/mol. The van der Waals surface area contributed by atoms with Gasteiger partial charge < -0.3 is 14.8 Å². The molecule has 3 rings (SSSR count). The van der Waals surface area contributed by atoms with Gasteiger partial charge in [0.1, 0.15) is 6.29 Å². The maximum Gasteiger partial charge on any atom is 0.324 e. The number of carbonyl (C=O) groups is 2. The minimum Gasteiger partial charge on any atom is -0.400 e. The van der Waals surface area contributed by atoms with E-state index in [9.17, 15) is 9.59 Å². The molecule has 0 saturated heterocycles.